The van der Waals surface area contributed by atoms with E-state index in [9.17, 15) is 35.7 Å². The van der Waals surface area contributed by atoms with Crippen LogP contribution >= 0.6 is 0 Å². The fourth-order valence-corrected chi connectivity index (χ4v) is 6.98. The largest absolute Gasteiger partial charge is 1.00 e. The summed E-state index contributed by atoms with van der Waals surface area (Å²) in [6.45, 7) is 1.42. The van der Waals surface area contributed by atoms with Gasteiger partial charge < -0.3 is 11.3 Å². The van der Waals surface area contributed by atoms with Crippen LogP contribution in [0, 0.1) is 13.8 Å². The van der Waals surface area contributed by atoms with Gasteiger partial charge in [-0.15, -0.1) is 0 Å². The minimum absolute atomic E-state index is 0. The molecule has 15 heteroatoms. The number of aryl methyl sites for hydroxylation is 1. The Bertz CT molecular complexity index is 1700. The summed E-state index contributed by atoms with van der Waals surface area (Å²) in [7, 11) is -6.64. The van der Waals surface area contributed by atoms with Gasteiger partial charge in [0.25, 0.3) is 10.0 Å². The molecule has 4 aromatic rings. The van der Waals surface area contributed by atoms with Gasteiger partial charge in [0.2, 0.25) is 5.16 Å². The first-order valence-corrected chi connectivity index (χ1v) is 13.6. The van der Waals surface area contributed by atoms with E-state index in [1.165, 1.54) is 50.4 Å². The number of alkyl halides is 3. The van der Waals surface area contributed by atoms with Crippen molar-refractivity contribution in [3.05, 3.63) is 77.1 Å². The molecule has 1 N–H and O–H groups in total. The molecule has 1 atom stereocenters. The van der Waals surface area contributed by atoms with Gasteiger partial charge >= 0.3 is 41.7 Å². The molecule has 9 nitrogen and oxygen atoms in total. The third-order valence-corrected chi connectivity index (χ3v) is 8.74. The molecule has 1 unspecified atom stereocenters. The molecule has 0 saturated heterocycles. The standard InChI is InChI=1S/C24H20F3N3O6S2.Na.H/c1-14-7-8-16(22(31)32)11-21(14)38(34,35)30-19-6-4-3-5-17(19)29-23(30)37(33)12-18-15(2)20(9-10-28-18)36-13-24(25,26)27;;/h3-11H,12-13H2,1-2H3,(H,31,32);;/q;+1;-1. The van der Waals surface area contributed by atoms with Gasteiger partial charge in [-0.25, -0.2) is 22.2 Å². The summed E-state index contributed by atoms with van der Waals surface area (Å²) in [5, 5.41) is 9.01. The van der Waals surface area contributed by atoms with E-state index in [0.29, 0.717) is 0 Å². The number of halogens is 3. The number of carboxylic acid groups (broad SMARTS) is 1. The minimum atomic E-state index is -4.56. The predicted molar refractivity (Wildman–Crippen MR) is 132 cm³/mol. The van der Waals surface area contributed by atoms with E-state index < -0.39 is 39.6 Å². The van der Waals surface area contributed by atoms with Crippen LogP contribution in [-0.2, 0) is 26.6 Å². The van der Waals surface area contributed by atoms with Crippen molar-refractivity contribution >= 4 is 37.8 Å². The monoisotopic (exact) mass is 591 g/mol. The Morgan fingerprint density at radius 1 is 1.15 bits per heavy atom. The third-order valence-electron chi connectivity index (χ3n) is 5.57. The van der Waals surface area contributed by atoms with Crippen LogP contribution in [0.1, 0.15) is 28.6 Å². The average molecular weight is 592 g/mol. The van der Waals surface area contributed by atoms with Gasteiger partial charge in [0.1, 0.15) is 5.75 Å². The van der Waals surface area contributed by atoms with E-state index in [4.69, 9.17) is 4.74 Å². The molecular formula is C24H21F3N3NaO6S2. The smallest absolute Gasteiger partial charge is 1.00 e. The molecule has 202 valence electrons. The van der Waals surface area contributed by atoms with Crippen molar-refractivity contribution in [3.63, 3.8) is 0 Å². The summed E-state index contributed by atoms with van der Waals surface area (Å²) in [6, 6.07) is 11.0. The maximum Gasteiger partial charge on any atom is 1.00 e. The number of carboxylic acids is 1. The van der Waals surface area contributed by atoms with Crippen LogP contribution in [0.25, 0.3) is 11.0 Å². The second kappa shape index (κ2) is 11.8. The van der Waals surface area contributed by atoms with E-state index in [-0.39, 0.29) is 86.0 Å². The number of hydrogen-bond donors (Lipinski definition) is 1. The molecule has 39 heavy (non-hydrogen) atoms. The molecule has 0 radical (unpaired) electrons. The van der Waals surface area contributed by atoms with E-state index in [0.717, 1.165) is 10.0 Å². The predicted octanol–water partition coefficient (Wildman–Crippen LogP) is 1.35. The van der Waals surface area contributed by atoms with Gasteiger partial charge in [0, 0.05) is 11.8 Å². The number of pyridine rings is 1. The van der Waals surface area contributed by atoms with E-state index >= 15 is 0 Å². The molecule has 2 aromatic heterocycles. The quantitative estimate of drug-likeness (QED) is 0.304. The van der Waals surface area contributed by atoms with E-state index in [2.05, 4.69) is 9.97 Å². The number of aromatic carboxylic acids is 1. The summed E-state index contributed by atoms with van der Waals surface area (Å²) >= 11 is 0. The first-order chi connectivity index (χ1) is 17.8. The average Bonchev–Trinajstić information content (AvgIpc) is 3.25. The van der Waals surface area contributed by atoms with Crippen molar-refractivity contribution in [1.82, 2.24) is 13.9 Å². The van der Waals surface area contributed by atoms with Crippen LogP contribution in [0.15, 0.2) is 64.8 Å². The molecule has 2 aromatic carbocycles. The molecule has 0 amide bonds. The zero-order chi connectivity index (χ0) is 27.8. The molecule has 0 bridgehead atoms. The number of imidazole rings is 1. The van der Waals surface area contributed by atoms with Gasteiger partial charge in [-0.2, -0.15) is 13.2 Å². The number of fused-ring (bicyclic) bond motifs is 1. The van der Waals surface area contributed by atoms with Crippen molar-refractivity contribution < 1.29 is 71.4 Å². The summed E-state index contributed by atoms with van der Waals surface area (Å²) in [5.41, 5.74) is 0.679. The number of carbonyl (C=O) groups is 1. The molecule has 0 aliphatic carbocycles. The van der Waals surface area contributed by atoms with Crippen molar-refractivity contribution in [2.45, 2.75) is 35.8 Å². The van der Waals surface area contributed by atoms with Crippen LogP contribution in [-0.4, -0.2) is 50.4 Å². The Morgan fingerprint density at radius 2 is 1.85 bits per heavy atom. The Hall–Kier alpha value is -2.78. The zero-order valence-electron chi connectivity index (χ0n) is 21.9. The maximum absolute atomic E-state index is 13.8. The molecule has 4 rings (SSSR count). The summed E-state index contributed by atoms with van der Waals surface area (Å²) in [4.78, 5) is 19.5. The summed E-state index contributed by atoms with van der Waals surface area (Å²) < 4.78 is 84.7. The Labute approximate surface area is 247 Å². The molecular weight excluding hydrogens is 570 g/mol. The minimum Gasteiger partial charge on any atom is -1.00 e. The number of ether oxygens (including phenoxy) is 1. The fourth-order valence-electron chi connectivity index (χ4n) is 3.68. The van der Waals surface area contributed by atoms with Crippen molar-refractivity contribution in [2.75, 3.05) is 6.61 Å². The van der Waals surface area contributed by atoms with Crippen molar-refractivity contribution in [3.8, 4) is 5.75 Å². The van der Waals surface area contributed by atoms with Crippen LogP contribution in [0.5, 0.6) is 5.75 Å². The van der Waals surface area contributed by atoms with E-state index in [1.54, 1.807) is 12.1 Å². The van der Waals surface area contributed by atoms with Gasteiger partial charge in [0.15, 0.2) is 6.61 Å². The normalized spacial score (nSPS) is 12.6. The number of aromatic nitrogens is 3. The number of benzene rings is 2. The van der Waals surface area contributed by atoms with Gasteiger partial charge in [-0.1, -0.05) is 18.2 Å². The van der Waals surface area contributed by atoms with Crippen LogP contribution in [0.3, 0.4) is 0 Å². The molecule has 0 aliphatic heterocycles. The van der Waals surface area contributed by atoms with Crippen LogP contribution < -0.4 is 34.3 Å². The van der Waals surface area contributed by atoms with Crippen molar-refractivity contribution in [2.24, 2.45) is 0 Å². The maximum atomic E-state index is 13.8. The molecule has 0 spiro atoms. The molecule has 0 aliphatic rings. The summed E-state index contributed by atoms with van der Waals surface area (Å²) in [5.74, 6) is -1.80. The van der Waals surface area contributed by atoms with E-state index in [1.807, 2.05) is 0 Å². The zero-order valence-corrected chi connectivity index (χ0v) is 24.5. The number of hydrogen-bond acceptors (Lipinski definition) is 7. The third kappa shape index (κ3) is 6.52. The summed E-state index contributed by atoms with van der Waals surface area (Å²) in [6.07, 6.45) is -3.36. The first kappa shape index (κ1) is 30.8. The second-order valence-corrected chi connectivity index (χ2v) is 11.3. The fraction of sp³-hybridized carbons (Fsp3) is 0.208. The van der Waals surface area contributed by atoms with Crippen LogP contribution in [0.2, 0.25) is 0 Å². The first-order valence-electron chi connectivity index (χ1n) is 10.9. The molecule has 0 fully saturated rings. The number of rotatable bonds is 8. The molecule has 2 heterocycles. The second-order valence-electron chi connectivity index (χ2n) is 8.21. The topological polar surface area (TPSA) is 128 Å². The van der Waals surface area contributed by atoms with Gasteiger partial charge in [0.05, 0.1) is 43.7 Å². The van der Waals surface area contributed by atoms with Crippen LogP contribution in [0.4, 0.5) is 13.2 Å². The SMILES string of the molecule is Cc1ccc(C(=O)O)cc1S(=O)(=O)n1c(S(=O)Cc2nccc(OCC(F)(F)F)c2C)nc2ccccc21.[H-].[Na+]. The number of para-hydroxylation sites is 2. The molecule has 0 saturated carbocycles. The number of nitrogens with zero attached hydrogens (tertiary/aromatic N) is 3. The Balaban J connectivity index is 0.00000280. The van der Waals surface area contributed by atoms with Gasteiger partial charge in [-0.3, -0.25) is 9.19 Å². The Morgan fingerprint density at radius 3 is 2.51 bits per heavy atom. The van der Waals surface area contributed by atoms with Gasteiger partial charge in [-0.05, 0) is 49.7 Å². The Kier molecular flexibility index (Phi) is 9.27. The van der Waals surface area contributed by atoms with Crippen molar-refractivity contribution in [1.29, 1.82) is 0 Å².